The van der Waals surface area contributed by atoms with E-state index in [1.807, 2.05) is 18.2 Å². The molecular weight excluding hydrogens is 348 g/mol. The number of hydrogen-bond acceptors (Lipinski definition) is 8. The van der Waals surface area contributed by atoms with Gasteiger partial charge in [-0.1, -0.05) is 24.2 Å². The van der Waals surface area contributed by atoms with E-state index >= 15 is 0 Å². The Kier molecular flexibility index (Phi) is 4.75. The number of benzene rings is 1. The second-order valence-corrected chi connectivity index (χ2v) is 7.37. The van der Waals surface area contributed by atoms with Gasteiger partial charge >= 0.3 is 0 Å². The number of aromatic nitrogens is 3. The molecule has 4 rings (SSSR count). The van der Waals surface area contributed by atoms with Crippen molar-refractivity contribution in [1.82, 2.24) is 15.0 Å². The van der Waals surface area contributed by atoms with Crippen molar-refractivity contribution >= 4 is 44.0 Å². The number of nitrogens with one attached hydrogen (secondary N) is 1. The summed E-state index contributed by atoms with van der Waals surface area (Å²) in [6.07, 6.45) is 6.44. The van der Waals surface area contributed by atoms with Gasteiger partial charge in [0.1, 0.15) is 17.8 Å². The molecular formula is C18H22N6OS. The largest absolute Gasteiger partial charge is 0.497 e. The zero-order valence-corrected chi connectivity index (χ0v) is 15.6. The third-order valence-corrected chi connectivity index (χ3v) is 5.52. The van der Waals surface area contributed by atoms with E-state index in [0.717, 1.165) is 40.0 Å². The predicted octanol–water partition coefficient (Wildman–Crippen LogP) is 3.80. The Morgan fingerprint density at radius 1 is 1.15 bits per heavy atom. The van der Waals surface area contributed by atoms with Crippen LogP contribution in [0.4, 0.5) is 22.5 Å². The summed E-state index contributed by atoms with van der Waals surface area (Å²) in [6, 6.07) is 5.83. The number of hydrogen-bond donors (Lipinski definition) is 2. The lowest BCUT2D eigenvalue weighted by Crippen LogP contribution is -2.26. The van der Waals surface area contributed by atoms with Crippen LogP contribution in [0.3, 0.4) is 0 Å². The van der Waals surface area contributed by atoms with E-state index in [-0.39, 0.29) is 0 Å². The summed E-state index contributed by atoms with van der Waals surface area (Å²) < 4.78 is 6.32. The van der Waals surface area contributed by atoms with Gasteiger partial charge in [-0.25, -0.2) is 15.0 Å². The molecule has 0 spiro atoms. The molecule has 136 valence electrons. The number of nitrogens with two attached hydrogens (primary N) is 1. The SMILES string of the molecule is COc1ccc2nc(Nc3ncnc(N4CCCCCC4)c3N)sc2c1. The maximum absolute atomic E-state index is 6.38. The summed E-state index contributed by atoms with van der Waals surface area (Å²) in [6.45, 7) is 1.98. The van der Waals surface area contributed by atoms with Gasteiger partial charge in [-0.15, -0.1) is 0 Å². The number of fused-ring (bicyclic) bond motifs is 1. The summed E-state index contributed by atoms with van der Waals surface area (Å²) in [5, 5.41) is 4.01. The van der Waals surface area contributed by atoms with Crippen molar-refractivity contribution in [1.29, 1.82) is 0 Å². The normalized spacial score (nSPS) is 15.0. The highest BCUT2D eigenvalue weighted by Gasteiger charge is 2.17. The minimum atomic E-state index is 0.575. The maximum Gasteiger partial charge on any atom is 0.189 e. The highest BCUT2D eigenvalue weighted by atomic mass is 32.1. The average Bonchev–Trinajstić information content (AvgIpc) is 2.86. The Bertz CT molecular complexity index is 904. The van der Waals surface area contributed by atoms with Gasteiger partial charge in [0.25, 0.3) is 0 Å². The Morgan fingerprint density at radius 2 is 1.96 bits per heavy atom. The second kappa shape index (κ2) is 7.33. The Balaban J connectivity index is 1.61. The Hall–Kier alpha value is -2.61. The number of methoxy groups -OCH3 is 1. The zero-order chi connectivity index (χ0) is 17.9. The van der Waals surface area contributed by atoms with Crippen LogP contribution in [0.2, 0.25) is 0 Å². The van der Waals surface area contributed by atoms with Gasteiger partial charge in [0.2, 0.25) is 0 Å². The quantitative estimate of drug-likeness (QED) is 0.722. The van der Waals surface area contributed by atoms with Crippen molar-refractivity contribution in [2.24, 2.45) is 0 Å². The minimum absolute atomic E-state index is 0.575. The molecule has 3 heterocycles. The monoisotopic (exact) mass is 370 g/mol. The number of ether oxygens (including phenoxy) is 1. The van der Waals surface area contributed by atoms with Crippen molar-refractivity contribution < 1.29 is 4.74 Å². The molecule has 0 unspecified atom stereocenters. The number of nitrogens with zero attached hydrogens (tertiary/aromatic N) is 4. The fraction of sp³-hybridized carbons (Fsp3) is 0.389. The van der Waals surface area contributed by atoms with Crippen LogP contribution in [0.5, 0.6) is 5.75 Å². The molecule has 0 radical (unpaired) electrons. The van der Waals surface area contributed by atoms with Gasteiger partial charge in [-0.05, 0) is 31.0 Å². The van der Waals surface area contributed by atoms with Crippen LogP contribution < -0.4 is 20.7 Å². The first kappa shape index (κ1) is 16.8. The van der Waals surface area contributed by atoms with Gasteiger partial charge in [0.05, 0.1) is 17.3 Å². The van der Waals surface area contributed by atoms with Gasteiger partial charge in [0, 0.05) is 13.1 Å². The first-order valence-corrected chi connectivity index (χ1v) is 9.63. The molecule has 0 saturated carbocycles. The van der Waals surface area contributed by atoms with E-state index in [1.54, 1.807) is 24.8 Å². The van der Waals surface area contributed by atoms with Crippen molar-refractivity contribution in [3.05, 3.63) is 24.5 Å². The molecule has 7 nitrogen and oxygen atoms in total. The van der Waals surface area contributed by atoms with Crippen molar-refractivity contribution in [2.45, 2.75) is 25.7 Å². The lowest BCUT2D eigenvalue weighted by atomic mass is 10.2. The minimum Gasteiger partial charge on any atom is -0.497 e. The number of rotatable bonds is 4. The van der Waals surface area contributed by atoms with Crippen LogP contribution in [-0.2, 0) is 0 Å². The third kappa shape index (κ3) is 3.37. The Labute approximate surface area is 156 Å². The molecule has 3 N–H and O–H groups in total. The molecule has 1 aliphatic rings. The smallest absolute Gasteiger partial charge is 0.189 e. The standard InChI is InChI=1S/C18H22N6OS/c1-25-12-6-7-13-14(10-12)26-18(22-13)23-16-15(19)17(21-11-20-16)24-8-4-2-3-5-9-24/h6-7,10-11H,2-5,8-9,19H2,1H3,(H,20,21,22,23). The first-order chi connectivity index (χ1) is 12.7. The van der Waals surface area contributed by atoms with Gasteiger partial charge in [-0.2, -0.15) is 0 Å². The number of nitrogen functional groups attached to an aromatic ring is 1. The maximum atomic E-state index is 6.38. The molecule has 0 amide bonds. The molecule has 2 aromatic heterocycles. The summed E-state index contributed by atoms with van der Waals surface area (Å²) >= 11 is 1.54. The van der Waals surface area contributed by atoms with E-state index in [4.69, 9.17) is 10.5 Å². The van der Waals surface area contributed by atoms with Crippen LogP contribution in [0.15, 0.2) is 24.5 Å². The van der Waals surface area contributed by atoms with Crippen LogP contribution in [-0.4, -0.2) is 35.2 Å². The van der Waals surface area contributed by atoms with Gasteiger partial charge in [0.15, 0.2) is 16.8 Å². The molecule has 8 heteroatoms. The van der Waals surface area contributed by atoms with E-state index in [1.165, 1.54) is 25.7 Å². The number of anilines is 4. The van der Waals surface area contributed by atoms with Crippen LogP contribution in [0.25, 0.3) is 10.2 Å². The zero-order valence-electron chi connectivity index (χ0n) is 14.7. The summed E-state index contributed by atoms with van der Waals surface area (Å²) in [4.78, 5) is 15.6. The van der Waals surface area contributed by atoms with Crippen molar-refractivity contribution in [3.63, 3.8) is 0 Å². The summed E-state index contributed by atoms with van der Waals surface area (Å²) in [5.41, 5.74) is 7.87. The van der Waals surface area contributed by atoms with E-state index in [0.29, 0.717) is 11.5 Å². The average molecular weight is 370 g/mol. The lowest BCUT2D eigenvalue weighted by molar-refractivity contribution is 0.415. The fourth-order valence-corrected chi connectivity index (χ4v) is 4.10. The van der Waals surface area contributed by atoms with Crippen LogP contribution in [0.1, 0.15) is 25.7 Å². The molecule has 1 aromatic carbocycles. The molecule has 0 aliphatic carbocycles. The molecule has 1 saturated heterocycles. The summed E-state index contributed by atoms with van der Waals surface area (Å²) in [5.74, 6) is 2.23. The van der Waals surface area contributed by atoms with E-state index in [2.05, 4.69) is 25.2 Å². The van der Waals surface area contributed by atoms with E-state index in [9.17, 15) is 0 Å². The van der Waals surface area contributed by atoms with Crippen molar-refractivity contribution in [2.75, 3.05) is 36.1 Å². The first-order valence-electron chi connectivity index (χ1n) is 8.81. The highest BCUT2D eigenvalue weighted by Crippen LogP contribution is 2.34. The number of thiazole rings is 1. The van der Waals surface area contributed by atoms with E-state index < -0.39 is 0 Å². The second-order valence-electron chi connectivity index (χ2n) is 6.34. The van der Waals surface area contributed by atoms with Gasteiger partial charge < -0.3 is 20.7 Å². The predicted molar refractivity (Wildman–Crippen MR) is 107 cm³/mol. The molecule has 0 atom stereocenters. The Morgan fingerprint density at radius 3 is 2.73 bits per heavy atom. The fourth-order valence-electron chi connectivity index (χ4n) is 3.21. The molecule has 26 heavy (non-hydrogen) atoms. The molecule has 1 fully saturated rings. The van der Waals surface area contributed by atoms with Gasteiger partial charge in [-0.3, -0.25) is 0 Å². The molecule has 1 aliphatic heterocycles. The highest BCUT2D eigenvalue weighted by molar-refractivity contribution is 7.22. The molecule has 3 aromatic rings. The third-order valence-electron chi connectivity index (χ3n) is 4.59. The van der Waals surface area contributed by atoms with Crippen LogP contribution in [0, 0.1) is 0 Å². The van der Waals surface area contributed by atoms with Crippen molar-refractivity contribution in [3.8, 4) is 5.75 Å². The lowest BCUT2D eigenvalue weighted by Gasteiger charge is -2.23. The topological polar surface area (TPSA) is 89.2 Å². The van der Waals surface area contributed by atoms with Crippen LogP contribution >= 0.6 is 11.3 Å². The summed E-state index contributed by atoms with van der Waals surface area (Å²) in [7, 11) is 1.66. The molecule has 0 bridgehead atoms.